The largest absolute Gasteiger partial charge is 0.465 e. The number of nitrogens with one attached hydrogen (secondary N) is 1. The van der Waals surface area contributed by atoms with Gasteiger partial charge in [0.05, 0.1) is 17.0 Å². The van der Waals surface area contributed by atoms with Crippen LogP contribution in [0.25, 0.3) is 10.9 Å². The van der Waals surface area contributed by atoms with Crippen LogP contribution in [0.2, 0.25) is 0 Å². The van der Waals surface area contributed by atoms with E-state index in [2.05, 4.69) is 4.98 Å². The van der Waals surface area contributed by atoms with Crippen molar-refractivity contribution in [2.45, 2.75) is 13.0 Å². The van der Waals surface area contributed by atoms with Gasteiger partial charge in [0.2, 0.25) is 0 Å². The SMILES string of the molecule is O=C(O)N1CCc2c([nH]c3cc([N+](=O)[O-])ccc23)C1. The number of nitro groups is 1. The average molecular weight is 261 g/mol. The van der Waals surface area contributed by atoms with E-state index in [9.17, 15) is 14.9 Å². The molecule has 0 saturated carbocycles. The number of aromatic amines is 1. The van der Waals surface area contributed by atoms with E-state index in [1.165, 1.54) is 17.0 Å². The normalized spacial score (nSPS) is 14.4. The first-order chi connectivity index (χ1) is 9.06. The molecule has 2 aromatic rings. The molecule has 1 amide bonds. The zero-order chi connectivity index (χ0) is 13.6. The molecular weight excluding hydrogens is 250 g/mol. The van der Waals surface area contributed by atoms with E-state index in [-0.39, 0.29) is 5.69 Å². The van der Waals surface area contributed by atoms with E-state index in [4.69, 9.17) is 5.11 Å². The molecule has 3 rings (SSSR count). The summed E-state index contributed by atoms with van der Waals surface area (Å²) in [6, 6.07) is 4.68. The van der Waals surface area contributed by atoms with Gasteiger partial charge in [-0.25, -0.2) is 4.79 Å². The van der Waals surface area contributed by atoms with Gasteiger partial charge >= 0.3 is 6.09 Å². The quantitative estimate of drug-likeness (QED) is 0.606. The second-order valence-electron chi connectivity index (χ2n) is 4.52. The number of nitrogens with zero attached hydrogens (tertiary/aromatic N) is 2. The van der Waals surface area contributed by atoms with Crippen molar-refractivity contribution in [3.63, 3.8) is 0 Å². The fourth-order valence-electron chi connectivity index (χ4n) is 2.51. The zero-order valence-electron chi connectivity index (χ0n) is 9.92. The third-order valence-corrected chi connectivity index (χ3v) is 3.44. The van der Waals surface area contributed by atoms with Gasteiger partial charge in [0.1, 0.15) is 0 Å². The summed E-state index contributed by atoms with van der Waals surface area (Å²) in [7, 11) is 0. The molecule has 7 nitrogen and oxygen atoms in total. The molecule has 0 unspecified atom stereocenters. The minimum Gasteiger partial charge on any atom is -0.465 e. The van der Waals surface area contributed by atoms with Crippen LogP contribution in [0.4, 0.5) is 10.5 Å². The highest BCUT2D eigenvalue weighted by Crippen LogP contribution is 2.29. The summed E-state index contributed by atoms with van der Waals surface area (Å²) in [4.78, 5) is 25.7. The topological polar surface area (TPSA) is 99.5 Å². The number of H-pyrrole nitrogens is 1. The summed E-state index contributed by atoms with van der Waals surface area (Å²) in [5.74, 6) is 0. The third kappa shape index (κ3) is 1.79. The maximum atomic E-state index is 10.9. The van der Waals surface area contributed by atoms with Crippen LogP contribution in [0.15, 0.2) is 18.2 Å². The summed E-state index contributed by atoms with van der Waals surface area (Å²) < 4.78 is 0. The third-order valence-electron chi connectivity index (χ3n) is 3.44. The Kier molecular flexibility index (Phi) is 2.41. The molecule has 1 aromatic heterocycles. The summed E-state index contributed by atoms with van der Waals surface area (Å²) >= 11 is 0. The predicted molar refractivity (Wildman–Crippen MR) is 67.1 cm³/mol. The van der Waals surface area contributed by atoms with E-state index >= 15 is 0 Å². The molecule has 19 heavy (non-hydrogen) atoms. The molecule has 0 aliphatic carbocycles. The lowest BCUT2D eigenvalue weighted by atomic mass is 10.0. The van der Waals surface area contributed by atoms with Crippen LogP contribution in [0.5, 0.6) is 0 Å². The molecule has 1 aliphatic rings. The molecule has 1 aliphatic heterocycles. The number of aromatic nitrogens is 1. The van der Waals surface area contributed by atoms with Gasteiger partial charge in [-0.3, -0.25) is 10.1 Å². The van der Waals surface area contributed by atoms with Gasteiger partial charge in [0, 0.05) is 29.8 Å². The maximum absolute atomic E-state index is 10.9. The number of carbonyl (C=O) groups is 1. The first kappa shape index (κ1) is 11.5. The highest BCUT2D eigenvalue weighted by molar-refractivity contribution is 5.87. The highest BCUT2D eigenvalue weighted by atomic mass is 16.6. The Balaban J connectivity index is 2.08. The predicted octanol–water partition coefficient (Wildman–Crippen LogP) is 2.11. The van der Waals surface area contributed by atoms with Gasteiger partial charge < -0.3 is 15.0 Å². The number of rotatable bonds is 1. The van der Waals surface area contributed by atoms with Crippen LogP contribution < -0.4 is 0 Å². The number of non-ortho nitro benzene ring substituents is 1. The average Bonchev–Trinajstić information content (AvgIpc) is 2.74. The van der Waals surface area contributed by atoms with Gasteiger partial charge in [0.25, 0.3) is 5.69 Å². The van der Waals surface area contributed by atoms with Gasteiger partial charge in [-0.15, -0.1) is 0 Å². The van der Waals surface area contributed by atoms with Crippen LogP contribution in [-0.2, 0) is 13.0 Å². The van der Waals surface area contributed by atoms with Crippen molar-refractivity contribution in [1.29, 1.82) is 0 Å². The fourth-order valence-corrected chi connectivity index (χ4v) is 2.51. The molecule has 2 N–H and O–H groups in total. The molecule has 0 radical (unpaired) electrons. The molecule has 7 heteroatoms. The van der Waals surface area contributed by atoms with Gasteiger partial charge in [-0.2, -0.15) is 0 Å². The molecular formula is C12H11N3O4. The molecule has 1 aromatic carbocycles. The fraction of sp³-hybridized carbons (Fsp3) is 0.250. The van der Waals surface area contributed by atoms with Gasteiger partial charge in [-0.1, -0.05) is 0 Å². The van der Waals surface area contributed by atoms with Crippen molar-refractivity contribution < 1.29 is 14.8 Å². The van der Waals surface area contributed by atoms with Crippen LogP contribution in [0, 0.1) is 10.1 Å². The zero-order valence-corrected chi connectivity index (χ0v) is 9.92. The van der Waals surface area contributed by atoms with Crippen molar-refractivity contribution in [2.24, 2.45) is 0 Å². The first-order valence-electron chi connectivity index (χ1n) is 5.82. The number of hydrogen-bond donors (Lipinski definition) is 2. The minimum atomic E-state index is -0.949. The number of amides is 1. The van der Waals surface area contributed by atoms with Crippen LogP contribution in [0.3, 0.4) is 0 Å². The number of fused-ring (bicyclic) bond motifs is 3. The molecule has 98 valence electrons. The number of carboxylic acid groups (broad SMARTS) is 1. The van der Waals surface area contributed by atoms with Crippen molar-refractivity contribution in [3.05, 3.63) is 39.6 Å². The van der Waals surface area contributed by atoms with Crippen molar-refractivity contribution >= 4 is 22.7 Å². The smallest absolute Gasteiger partial charge is 0.407 e. The number of benzene rings is 1. The van der Waals surface area contributed by atoms with E-state index < -0.39 is 11.0 Å². The second-order valence-corrected chi connectivity index (χ2v) is 4.52. The number of hydrogen-bond acceptors (Lipinski definition) is 3. The summed E-state index contributed by atoms with van der Waals surface area (Å²) in [5, 5.41) is 20.6. The van der Waals surface area contributed by atoms with Crippen LogP contribution in [0.1, 0.15) is 11.3 Å². The van der Waals surface area contributed by atoms with Crippen molar-refractivity contribution in [2.75, 3.05) is 6.54 Å². The monoisotopic (exact) mass is 261 g/mol. The second kappa shape index (κ2) is 3.98. The standard InChI is InChI=1S/C12H11N3O4/c16-12(17)14-4-3-9-8-2-1-7(15(18)19)5-10(8)13-11(9)6-14/h1-2,5,13H,3-4,6H2,(H,16,17). The summed E-state index contributed by atoms with van der Waals surface area (Å²) in [6.07, 6.45) is -0.324. The van der Waals surface area contributed by atoms with Crippen LogP contribution >= 0.6 is 0 Å². The van der Waals surface area contributed by atoms with Crippen molar-refractivity contribution in [3.8, 4) is 0 Å². The lowest BCUT2D eigenvalue weighted by molar-refractivity contribution is -0.384. The molecule has 2 heterocycles. The number of nitro benzene ring substituents is 1. The lowest BCUT2D eigenvalue weighted by Crippen LogP contribution is -2.34. The van der Waals surface area contributed by atoms with E-state index in [0.717, 1.165) is 16.6 Å². The Hall–Kier alpha value is -2.57. The minimum absolute atomic E-state index is 0.0289. The first-order valence-corrected chi connectivity index (χ1v) is 5.82. The van der Waals surface area contributed by atoms with Crippen molar-refractivity contribution in [1.82, 2.24) is 9.88 Å². The van der Waals surface area contributed by atoms with Gasteiger partial charge in [-0.05, 0) is 18.1 Å². The van der Waals surface area contributed by atoms with Crippen LogP contribution in [-0.4, -0.2) is 32.6 Å². The highest BCUT2D eigenvalue weighted by Gasteiger charge is 2.24. The van der Waals surface area contributed by atoms with E-state index in [1.54, 1.807) is 6.07 Å². The van der Waals surface area contributed by atoms with Gasteiger partial charge in [0.15, 0.2) is 0 Å². The summed E-state index contributed by atoms with van der Waals surface area (Å²) in [5.41, 5.74) is 2.60. The Bertz CT molecular complexity index is 692. The maximum Gasteiger partial charge on any atom is 0.407 e. The molecule has 0 bridgehead atoms. The Morgan fingerprint density at radius 3 is 2.95 bits per heavy atom. The van der Waals surface area contributed by atoms with E-state index in [1.807, 2.05) is 0 Å². The molecule has 0 fully saturated rings. The van der Waals surface area contributed by atoms with E-state index in [0.29, 0.717) is 25.0 Å². The molecule has 0 atom stereocenters. The summed E-state index contributed by atoms with van der Waals surface area (Å²) in [6.45, 7) is 0.749. The molecule has 0 spiro atoms. The Morgan fingerprint density at radius 2 is 2.26 bits per heavy atom. The molecule has 0 saturated heterocycles. The Morgan fingerprint density at radius 1 is 1.47 bits per heavy atom. The lowest BCUT2D eigenvalue weighted by Gasteiger charge is -2.24. The Labute approximate surface area is 107 Å².